The number of nitrogens with two attached hydrogens (primary N) is 1. The minimum Gasteiger partial charge on any atom is -0.462 e. The topological polar surface area (TPSA) is 52.3 Å². The first-order chi connectivity index (χ1) is 9.24. The second-order valence-corrected chi connectivity index (χ2v) is 5.35. The summed E-state index contributed by atoms with van der Waals surface area (Å²) < 4.78 is 5.57. The number of rotatable bonds is 13. The third-order valence-corrected chi connectivity index (χ3v) is 3.39. The van der Waals surface area contributed by atoms with E-state index in [0.717, 1.165) is 32.1 Å². The Bertz CT molecular complexity index is 207. The van der Waals surface area contributed by atoms with Crippen molar-refractivity contribution in [2.45, 2.75) is 90.6 Å². The molecule has 1 unspecified atom stereocenters. The fourth-order valence-corrected chi connectivity index (χ4v) is 2.16. The average molecular weight is 271 g/mol. The van der Waals surface area contributed by atoms with Gasteiger partial charge in [-0.15, -0.1) is 0 Å². The van der Waals surface area contributed by atoms with Gasteiger partial charge in [0, 0.05) is 6.42 Å². The van der Waals surface area contributed by atoms with Crippen LogP contribution < -0.4 is 5.73 Å². The first-order valence-corrected chi connectivity index (χ1v) is 8.14. The number of unbranched alkanes of at least 4 members (excludes halogenated alkanes) is 5. The molecule has 0 bridgehead atoms. The normalized spacial score (nSPS) is 12.4. The minimum absolute atomic E-state index is 0.0693. The molecule has 3 nitrogen and oxygen atoms in total. The number of esters is 1. The molecule has 0 aliphatic heterocycles. The van der Waals surface area contributed by atoms with Gasteiger partial charge < -0.3 is 10.5 Å². The van der Waals surface area contributed by atoms with Crippen molar-refractivity contribution < 1.29 is 9.53 Å². The predicted octanol–water partition coefficient (Wildman–Crippen LogP) is 4.19. The van der Waals surface area contributed by atoms with Gasteiger partial charge in [0.25, 0.3) is 0 Å². The molecular formula is C16H33NO2. The number of carbonyl (C=O) groups excluding carboxylic acids is 1. The second-order valence-electron chi connectivity index (χ2n) is 5.35. The molecule has 0 aromatic carbocycles. The van der Waals surface area contributed by atoms with Crippen LogP contribution in [0.3, 0.4) is 0 Å². The number of hydrogen-bond acceptors (Lipinski definition) is 3. The van der Waals surface area contributed by atoms with Gasteiger partial charge in [-0.25, -0.2) is 0 Å². The van der Waals surface area contributed by atoms with Crippen LogP contribution in [0.2, 0.25) is 0 Å². The van der Waals surface area contributed by atoms with E-state index in [0.29, 0.717) is 13.0 Å². The maximum Gasteiger partial charge on any atom is 0.306 e. The molecule has 2 N–H and O–H groups in total. The lowest BCUT2D eigenvalue weighted by atomic mass is 10.0. The van der Waals surface area contributed by atoms with Gasteiger partial charge in [0.2, 0.25) is 0 Å². The van der Waals surface area contributed by atoms with Gasteiger partial charge in [0.1, 0.15) is 6.10 Å². The van der Waals surface area contributed by atoms with Gasteiger partial charge in [-0.3, -0.25) is 4.79 Å². The third kappa shape index (κ3) is 12.2. The zero-order valence-corrected chi connectivity index (χ0v) is 13.0. The van der Waals surface area contributed by atoms with Crippen LogP contribution in [0.1, 0.15) is 84.5 Å². The summed E-state index contributed by atoms with van der Waals surface area (Å²) in [6, 6.07) is 0. The molecule has 114 valence electrons. The molecule has 0 fully saturated rings. The van der Waals surface area contributed by atoms with Gasteiger partial charge in [-0.05, 0) is 32.2 Å². The lowest BCUT2D eigenvalue weighted by Crippen LogP contribution is -2.19. The van der Waals surface area contributed by atoms with Gasteiger partial charge >= 0.3 is 5.97 Å². The Morgan fingerprint density at radius 3 is 2.21 bits per heavy atom. The molecule has 0 aromatic heterocycles. The molecule has 0 saturated heterocycles. The van der Waals surface area contributed by atoms with E-state index in [1.807, 2.05) is 0 Å². The Hall–Kier alpha value is -0.570. The molecular weight excluding hydrogens is 238 g/mol. The zero-order valence-electron chi connectivity index (χ0n) is 13.0. The highest BCUT2D eigenvalue weighted by Gasteiger charge is 2.13. The van der Waals surface area contributed by atoms with Gasteiger partial charge in [0.05, 0.1) is 0 Å². The quantitative estimate of drug-likeness (QED) is 0.404. The summed E-state index contributed by atoms with van der Waals surface area (Å²) in [5.74, 6) is -0.0693. The summed E-state index contributed by atoms with van der Waals surface area (Å²) in [4.78, 5) is 11.6. The number of hydrogen-bond donors (Lipinski definition) is 1. The lowest BCUT2D eigenvalue weighted by molar-refractivity contribution is -0.149. The first-order valence-electron chi connectivity index (χ1n) is 8.14. The summed E-state index contributed by atoms with van der Waals surface area (Å²) in [5, 5.41) is 0. The van der Waals surface area contributed by atoms with Crippen LogP contribution in [0.5, 0.6) is 0 Å². The maximum absolute atomic E-state index is 11.6. The van der Waals surface area contributed by atoms with Gasteiger partial charge in [-0.2, -0.15) is 0 Å². The van der Waals surface area contributed by atoms with E-state index in [9.17, 15) is 4.79 Å². The smallest absolute Gasteiger partial charge is 0.306 e. The molecule has 0 spiro atoms. The van der Waals surface area contributed by atoms with Gasteiger partial charge in [-0.1, -0.05) is 52.4 Å². The van der Waals surface area contributed by atoms with Crippen LogP contribution in [0.4, 0.5) is 0 Å². The Balaban J connectivity index is 3.83. The van der Waals surface area contributed by atoms with E-state index >= 15 is 0 Å². The van der Waals surface area contributed by atoms with E-state index < -0.39 is 0 Å². The second kappa shape index (κ2) is 13.9. The molecule has 1 atom stereocenters. The molecule has 3 heteroatoms. The molecule has 0 rings (SSSR count). The summed E-state index contributed by atoms with van der Waals surface area (Å²) >= 11 is 0. The fourth-order valence-electron chi connectivity index (χ4n) is 2.16. The van der Waals surface area contributed by atoms with E-state index in [-0.39, 0.29) is 12.1 Å². The molecule has 0 saturated carbocycles. The van der Waals surface area contributed by atoms with Crippen molar-refractivity contribution in [3.8, 4) is 0 Å². The minimum atomic E-state index is -0.0693. The van der Waals surface area contributed by atoms with E-state index in [1.54, 1.807) is 0 Å². The highest BCUT2D eigenvalue weighted by molar-refractivity contribution is 5.69. The van der Waals surface area contributed by atoms with Crippen molar-refractivity contribution in [3.05, 3.63) is 0 Å². The Morgan fingerprint density at radius 1 is 0.947 bits per heavy atom. The zero-order chi connectivity index (χ0) is 14.3. The largest absolute Gasteiger partial charge is 0.462 e. The van der Waals surface area contributed by atoms with Crippen LogP contribution in [-0.4, -0.2) is 18.6 Å². The summed E-state index contributed by atoms with van der Waals surface area (Å²) in [7, 11) is 0. The predicted molar refractivity (Wildman–Crippen MR) is 81.1 cm³/mol. The van der Waals surface area contributed by atoms with Crippen LogP contribution >= 0.6 is 0 Å². The summed E-state index contributed by atoms with van der Waals surface area (Å²) in [6.07, 6.45) is 12.0. The van der Waals surface area contributed by atoms with Crippen LogP contribution in [0, 0.1) is 0 Å². The molecule has 0 aromatic rings. The standard InChI is InChI=1S/C16H33NO2/c1-3-5-7-8-9-12-15(11-6-4-2)19-16(18)13-10-14-17/h15H,3-14,17H2,1-2H3. The third-order valence-electron chi connectivity index (χ3n) is 3.39. The summed E-state index contributed by atoms with van der Waals surface area (Å²) in [5.41, 5.74) is 5.41. The molecule has 0 amide bonds. The Morgan fingerprint density at radius 2 is 1.58 bits per heavy atom. The van der Waals surface area contributed by atoms with Crippen molar-refractivity contribution in [1.29, 1.82) is 0 Å². The van der Waals surface area contributed by atoms with E-state index in [1.165, 1.54) is 32.1 Å². The van der Waals surface area contributed by atoms with E-state index in [4.69, 9.17) is 10.5 Å². The first kappa shape index (κ1) is 18.4. The lowest BCUT2D eigenvalue weighted by Gasteiger charge is -2.17. The van der Waals surface area contributed by atoms with Crippen molar-refractivity contribution in [2.24, 2.45) is 5.73 Å². The number of ether oxygens (including phenoxy) is 1. The summed E-state index contributed by atoms with van der Waals surface area (Å²) in [6.45, 7) is 4.96. The van der Waals surface area contributed by atoms with Crippen molar-refractivity contribution in [2.75, 3.05) is 6.54 Å². The SMILES string of the molecule is CCCCCCCC(CCCC)OC(=O)CCCN. The number of carbonyl (C=O) groups is 1. The monoisotopic (exact) mass is 271 g/mol. The Labute approximate surface area is 119 Å². The van der Waals surface area contributed by atoms with Crippen LogP contribution in [0.15, 0.2) is 0 Å². The highest BCUT2D eigenvalue weighted by atomic mass is 16.5. The average Bonchev–Trinajstić information content (AvgIpc) is 2.41. The maximum atomic E-state index is 11.6. The molecule has 0 aliphatic rings. The molecule has 0 aliphatic carbocycles. The molecule has 0 heterocycles. The fraction of sp³-hybridized carbons (Fsp3) is 0.938. The van der Waals surface area contributed by atoms with Crippen LogP contribution in [-0.2, 0) is 9.53 Å². The molecule has 19 heavy (non-hydrogen) atoms. The van der Waals surface area contributed by atoms with Gasteiger partial charge in [0.15, 0.2) is 0 Å². The Kier molecular flexibility index (Phi) is 13.4. The highest BCUT2D eigenvalue weighted by Crippen LogP contribution is 2.15. The van der Waals surface area contributed by atoms with Crippen molar-refractivity contribution >= 4 is 5.97 Å². The van der Waals surface area contributed by atoms with Crippen LogP contribution in [0.25, 0.3) is 0 Å². The van der Waals surface area contributed by atoms with E-state index in [2.05, 4.69) is 13.8 Å². The van der Waals surface area contributed by atoms with Crippen molar-refractivity contribution in [3.63, 3.8) is 0 Å². The van der Waals surface area contributed by atoms with Crippen molar-refractivity contribution in [1.82, 2.24) is 0 Å². The molecule has 0 radical (unpaired) electrons.